The van der Waals surface area contributed by atoms with Crippen molar-refractivity contribution in [3.8, 4) is 67.3 Å². The zero-order valence-electron chi connectivity index (χ0n) is 30.1. The van der Waals surface area contributed by atoms with Crippen molar-refractivity contribution in [1.29, 1.82) is 0 Å². The number of nitrogens with zero attached hydrogens (tertiary/aromatic N) is 3. The molecule has 11 rings (SSSR count). The summed E-state index contributed by atoms with van der Waals surface area (Å²) in [6.07, 6.45) is 3.67. The van der Waals surface area contributed by atoms with E-state index in [4.69, 9.17) is 18.8 Å². The molecule has 0 unspecified atom stereocenters. The van der Waals surface area contributed by atoms with Crippen LogP contribution in [0.25, 0.3) is 111 Å². The highest BCUT2D eigenvalue weighted by Gasteiger charge is 2.20. The van der Waals surface area contributed by atoms with Crippen LogP contribution < -0.4 is 0 Å². The van der Waals surface area contributed by atoms with E-state index >= 15 is 0 Å². The summed E-state index contributed by atoms with van der Waals surface area (Å²) >= 11 is 0. The third-order valence-corrected chi connectivity index (χ3v) is 10.6. The van der Waals surface area contributed by atoms with Gasteiger partial charge in [-0.15, -0.1) is 0 Å². The average molecular weight is 718 g/mol. The van der Waals surface area contributed by atoms with Crippen molar-refractivity contribution in [2.24, 2.45) is 0 Å². The number of para-hydroxylation sites is 3. The van der Waals surface area contributed by atoms with Crippen molar-refractivity contribution in [2.75, 3.05) is 0 Å². The summed E-state index contributed by atoms with van der Waals surface area (Å²) in [5, 5.41) is 4.34. The maximum Gasteiger partial charge on any atom is 0.160 e. The summed E-state index contributed by atoms with van der Waals surface area (Å²) in [5.41, 5.74) is 14.5. The second-order valence-corrected chi connectivity index (χ2v) is 14.0. The Kier molecular flexibility index (Phi) is 7.42. The largest absolute Gasteiger partial charge is 0.455 e. The second kappa shape index (κ2) is 13.0. The van der Waals surface area contributed by atoms with Crippen molar-refractivity contribution in [3.63, 3.8) is 0 Å². The molecule has 4 aromatic heterocycles. The molecule has 0 atom stereocenters. The maximum absolute atomic E-state index is 6.70. The Labute approximate surface area is 322 Å². The minimum absolute atomic E-state index is 0.681. The van der Waals surface area contributed by atoms with Crippen LogP contribution in [0.4, 0.5) is 0 Å². The molecule has 0 radical (unpaired) electrons. The van der Waals surface area contributed by atoms with Crippen molar-refractivity contribution >= 4 is 43.9 Å². The van der Waals surface area contributed by atoms with Gasteiger partial charge in [0.2, 0.25) is 0 Å². The molecule has 262 valence electrons. The molecule has 0 spiro atoms. The van der Waals surface area contributed by atoms with Crippen LogP contribution in [-0.4, -0.2) is 15.0 Å². The molecule has 56 heavy (non-hydrogen) atoms. The van der Waals surface area contributed by atoms with E-state index in [1.165, 1.54) is 0 Å². The Morgan fingerprint density at radius 1 is 0.357 bits per heavy atom. The molecule has 0 aliphatic carbocycles. The molecule has 4 heterocycles. The Bertz CT molecular complexity index is 3220. The molecule has 0 fully saturated rings. The summed E-state index contributed by atoms with van der Waals surface area (Å²) in [6, 6.07) is 60.6. The Morgan fingerprint density at radius 3 is 1.66 bits per heavy atom. The number of furan rings is 2. The third kappa shape index (κ3) is 5.37. The van der Waals surface area contributed by atoms with E-state index in [9.17, 15) is 0 Å². The van der Waals surface area contributed by atoms with Gasteiger partial charge in [0.1, 0.15) is 22.3 Å². The quantitative estimate of drug-likeness (QED) is 0.171. The first kappa shape index (κ1) is 31.9. The molecule has 0 saturated heterocycles. The van der Waals surface area contributed by atoms with Crippen molar-refractivity contribution < 1.29 is 8.83 Å². The molecule has 0 N–H and O–H groups in total. The summed E-state index contributed by atoms with van der Waals surface area (Å²) in [4.78, 5) is 14.4. The number of aromatic nitrogens is 3. The normalized spacial score (nSPS) is 11.6. The minimum atomic E-state index is 0.681. The summed E-state index contributed by atoms with van der Waals surface area (Å²) in [5.74, 6) is 0.681. The van der Waals surface area contributed by atoms with Gasteiger partial charge in [0, 0.05) is 61.8 Å². The molecule has 0 bridgehead atoms. The van der Waals surface area contributed by atoms with Gasteiger partial charge in [-0.1, -0.05) is 146 Å². The standard InChI is InChI=1S/C51H31N3O2/c1-2-10-36(11-3-1)51-53-44(34-23-19-32(20-24-34)37-12-9-29-52-31-37)30-45(54-51)35-25-21-33(22-26-35)38-27-28-42(50-48(38)43-14-5-7-18-47(43)56-50)41-16-8-15-40-39-13-4-6-17-46(39)55-49(40)41/h1-31H. The van der Waals surface area contributed by atoms with E-state index < -0.39 is 0 Å². The third-order valence-electron chi connectivity index (χ3n) is 10.6. The Balaban J connectivity index is 1.02. The fourth-order valence-corrected chi connectivity index (χ4v) is 7.89. The number of hydrogen-bond acceptors (Lipinski definition) is 5. The van der Waals surface area contributed by atoms with Crippen LogP contribution in [0.2, 0.25) is 0 Å². The van der Waals surface area contributed by atoms with Gasteiger partial charge in [-0.25, -0.2) is 9.97 Å². The van der Waals surface area contributed by atoms with Crippen molar-refractivity contribution in [3.05, 3.63) is 188 Å². The van der Waals surface area contributed by atoms with Gasteiger partial charge in [0.15, 0.2) is 5.82 Å². The average Bonchev–Trinajstić information content (AvgIpc) is 3.86. The zero-order valence-corrected chi connectivity index (χ0v) is 30.1. The summed E-state index contributed by atoms with van der Waals surface area (Å²) in [6.45, 7) is 0. The molecule has 0 amide bonds. The van der Waals surface area contributed by atoms with Gasteiger partial charge in [0.25, 0.3) is 0 Å². The number of hydrogen-bond donors (Lipinski definition) is 0. The second-order valence-electron chi connectivity index (χ2n) is 14.0. The number of pyridine rings is 1. The summed E-state index contributed by atoms with van der Waals surface area (Å²) in [7, 11) is 0. The smallest absolute Gasteiger partial charge is 0.160 e. The molecular formula is C51H31N3O2. The maximum atomic E-state index is 6.70. The van der Waals surface area contributed by atoms with Gasteiger partial charge in [-0.3, -0.25) is 4.98 Å². The van der Waals surface area contributed by atoms with Crippen LogP contribution in [0.3, 0.4) is 0 Å². The topological polar surface area (TPSA) is 65.0 Å². The minimum Gasteiger partial charge on any atom is -0.455 e. The molecular weight excluding hydrogens is 687 g/mol. The number of benzene rings is 7. The number of rotatable bonds is 6. The highest BCUT2D eigenvalue weighted by atomic mass is 16.3. The van der Waals surface area contributed by atoms with E-state index in [1.807, 2.05) is 54.7 Å². The van der Waals surface area contributed by atoms with E-state index in [2.05, 4.69) is 132 Å². The molecule has 0 aliphatic heterocycles. The van der Waals surface area contributed by atoms with Gasteiger partial charge >= 0.3 is 0 Å². The molecule has 5 heteroatoms. The molecule has 0 saturated carbocycles. The Hall–Kier alpha value is -7.63. The van der Waals surface area contributed by atoms with Crippen LogP contribution in [-0.2, 0) is 0 Å². The molecule has 11 aromatic rings. The fourth-order valence-electron chi connectivity index (χ4n) is 7.89. The zero-order chi connectivity index (χ0) is 37.0. The van der Waals surface area contributed by atoms with E-state index in [1.54, 1.807) is 6.20 Å². The predicted molar refractivity (Wildman–Crippen MR) is 227 cm³/mol. The first-order valence-corrected chi connectivity index (χ1v) is 18.7. The molecule has 5 nitrogen and oxygen atoms in total. The Morgan fingerprint density at radius 2 is 0.929 bits per heavy atom. The monoisotopic (exact) mass is 717 g/mol. The van der Waals surface area contributed by atoms with Crippen molar-refractivity contribution in [2.45, 2.75) is 0 Å². The van der Waals surface area contributed by atoms with Crippen LogP contribution in [0.1, 0.15) is 0 Å². The van der Waals surface area contributed by atoms with Gasteiger partial charge in [-0.2, -0.15) is 0 Å². The molecule has 0 aliphatic rings. The lowest BCUT2D eigenvalue weighted by molar-refractivity contribution is 0.665. The lowest BCUT2D eigenvalue weighted by atomic mass is 9.93. The van der Waals surface area contributed by atoms with E-state index in [-0.39, 0.29) is 0 Å². The number of fused-ring (bicyclic) bond motifs is 6. The van der Waals surface area contributed by atoms with E-state index in [0.717, 1.165) is 105 Å². The van der Waals surface area contributed by atoms with Crippen LogP contribution >= 0.6 is 0 Å². The van der Waals surface area contributed by atoms with Gasteiger partial charge in [0.05, 0.1) is 11.4 Å². The first-order chi connectivity index (χ1) is 27.7. The fraction of sp³-hybridized carbons (Fsp3) is 0. The predicted octanol–water partition coefficient (Wildman–Crippen LogP) is 13.7. The van der Waals surface area contributed by atoms with Gasteiger partial charge in [-0.05, 0) is 52.6 Å². The SMILES string of the molecule is c1ccc(-c2nc(-c3ccc(-c4cccnc4)cc3)cc(-c3ccc(-c4ccc(-c5cccc6c5oc5ccccc56)c5oc6ccccc6c45)cc3)n2)cc1. The van der Waals surface area contributed by atoms with Crippen LogP contribution in [0.5, 0.6) is 0 Å². The lowest BCUT2D eigenvalue weighted by Crippen LogP contribution is -1.96. The van der Waals surface area contributed by atoms with Crippen LogP contribution in [0, 0.1) is 0 Å². The van der Waals surface area contributed by atoms with E-state index in [0.29, 0.717) is 5.82 Å². The highest BCUT2D eigenvalue weighted by Crippen LogP contribution is 2.45. The molecule has 7 aromatic carbocycles. The van der Waals surface area contributed by atoms with Crippen LogP contribution in [0.15, 0.2) is 197 Å². The lowest BCUT2D eigenvalue weighted by Gasteiger charge is -2.12. The van der Waals surface area contributed by atoms with Crippen molar-refractivity contribution in [1.82, 2.24) is 15.0 Å². The highest BCUT2D eigenvalue weighted by molar-refractivity contribution is 6.18. The summed E-state index contributed by atoms with van der Waals surface area (Å²) < 4.78 is 13.2. The first-order valence-electron chi connectivity index (χ1n) is 18.7. The van der Waals surface area contributed by atoms with Gasteiger partial charge < -0.3 is 8.83 Å².